The van der Waals surface area contributed by atoms with Crippen molar-refractivity contribution in [1.82, 2.24) is 5.16 Å². The minimum absolute atomic E-state index is 0.0136. The molecule has 1 heterocycles. The second-order valence-corrected chi connectivity index (χ2v) is 7.47. The Morgan fingerprint density at radius 2 is 1.86 bits per heavy atom. The Labute approximate surface area is 165 Å². The molecule has 0 atom stereocenters. The number of aryl methyl sites for hydroxylation is 1. The zero-order chi connectivity index (χ0) is 20.7. The van der Waals surface area contributed by atoms with Crippen molar-refractivity contribution in [2.45, 2.75) is 52.9 Å². The molecule has 0 spiro atoms. The Hall–Kier alpha value is -2.83. The van der Waals surface area contributed by atoms with Crippen LogP contribution in [0.25, 0.3) is 0 Å². The molecule has 0 saturated heterocycles. The number of nitrogens with zero attached hydrogens (tertiary/aromatic N) is 1. The summed E-state index contributed by atoms with van der Waals surface area (Å²) < 4.78 is 15.7. The van der Waals surface area contributed by atoms with Gasteiger partial charge in [0.05, 0.1) is 18.9 Å². The number of ether oxygens (including phenoxy) is 2. The van der Waals surface area contributed by atoms with Gasteiger partial charge in [0.15, 0.2) is 0 Å². The lowest BCUT2D eigenvalue weighted by Crippen LogP contribution is -2.15. The summed E-state index contributed by atoms with van der Waals surface area (Å²) in [4.78, 5) is 24.1. The fourth-order valence-corrected chi connectivity index (χ4v) is 2.56. The first-order valence-corrected chi connectivity index (χ1v) is 9.39. The van der Waals surface area contributed by atoms with Crippen molar-refractivity contribution in [2.24, 2.45) is 0 Å². The normalized spacial score (nSPS) is 11.2. The van der Waals surface area contributed by atoms with Gasteiger partial charge in [0.1, 0.15) is 11.3 Å². The van der Waals surface area contributed by atoms with Crippen LogP contribution in [0, 0.1) is 6.92 Å². The quantitative estimate of drug-likeness (QED) is 0.537. The van der Waals surface area contributed by atoms with Crippen molar-refractivity contribution < 1.29 is 23.6 Å². The first-order valence-electron chi connectivity index (χ1n) is 9.39. The maximum absolute atomic E-state index is 12.1. The minimum atomic E-state index is -0.571. The van der Waals surface area contributed by atoms with E-state index in [1.807, 2.05) is 24.3 Å². The maximum atomic E-state index is 12.1. The van der Waals surface area contributed by atoms with Gasteiger partial charge in [-0.05, 0) is 43.4 Å². The van der Waals surface area contributed by atoms with Gasteiger partial charge in [0, 0.05) is 6.42 Å². The van der Waals surface area contributed by atoms with Crippen molar-refractivity contribution in [3.8, 4) is 5.75 Å². The van der Waals surface area contributed by atoms with Crippen LogP contribution in [0.5, 0.6) is 5.75 Å². The van der Waals surface area contributed by atoms with Crippen LogP contribution in [0.15, 0.2) is 28.8 Å². The van der Waals surface area contributed by atoms with Crippen LogP contribution in [-0.4, -0.2) is 30.2 Å². The largest absolute Gasteiger partial charge is 0.494 e. The van der Waals surface area contributed by atoms with Crippen molar-refractivity contribution >= 4 is 17.8 Å². The molecule has 1 aromatic carbocycles. The Bertz CT molecular complexity index is 803. The van der Waals surface area contributed by atoms with E-state index < -0.39 is 5.97 Å². The van der Waals surface area contributed by atoms with Gasteiger partial charge in [-0.25, -0.2) is 4.79 Å². The molecule has 28 heavy (non-hydrogen) atoms. The minimum Gasteiger partial charge on any atom is -0.494 e. The molecule has 0 saturated carbocycles. The summed E-state index contributed by atoms with van der Waals surface area (Å²) in [6.45, 7) is 10.4. The standard InChI is InChI=1S/C21H28N2O5/c1-6-26-20(25)18-14(2)23-28-19(18)22-17(24)8-7-13-27-16-11-9-15(10-12-16)21(3,4)5/h9-12H,6-8,13H2,1-5H3,(H,22,24). The third-order valence-corrected chi connectivity index (χ3v) is 4.13. The summed E-state index contributed by atoms with van der Waals surface area (Å²) in [5.74, 6) is -0.0736. The van der Waals surface area contributed by atoms with E-state index in [4.69, 9.17) is 14.0 Å². The van der Waals surface area contributed by atoms with Crippen LogP contribution in [0.4, 0.5) is 5.88 Å². The number of carbonyl (C=O) groups is 2. The number of hydrogen-bond acceptors (Lipinski definition) is 6. The predicted molar refractivity (Wildman–Crippen MR) is 106 cm³/mol. The van der Waals surface area contributed by atoms with Gasteiger partial charge in [-0.2, -0.15) is 0 Å². The van der Waals surface area contributed by atoms with Gasteiger partial charge in [-0.15, -0.1) is 0 Å². The smallest absolute Gasteiger partial charge is 0.345 e. The number of esters is 1. The summed E-state index contributed by atoms with van der Waals surface area (Å²) in [7, 11) is 0. The van der Waals surface area contributed by atoms with E-state index in [0.29, 0.717) is 18.7 Å². The molecule has 2 rings (SSSR count). The van der Waals surface area contributed by atoms with Crippen LogP contribution in [0.1, 0.15) is 62.2 Å². The highest BCUT2D eigenvalue weighted by Gasteiger charge is 2.23. The molecule has 0 radical (unpaired) electrons. The van der Waals surface area contributed by atoms with Crippen molar-refractivity contribution in [3.63, 3.8) is 0 Å². The van der Waals surface area contributed by atoms with E-state index in [0.717, 1.165) is 5.75 Å². The van der Waals surface area contributed by atoms with Crippen molar-refractivity contribution in [3.05, 3.63) is 41.1 Å². The van der Waals surface area contributed by atoms with Gasteiger partial charge in [0.25, 0.3) is 0 Å². The fourth-order valence-electron chi connectivity index (χ4n) is 2.56. The van der Waals surface area contributed by atoms with Gasteiger partial charge in [-0.3, -0.25) is 10.1 Å². The molecule has 0 aliphatic heterocycles. The molecule has 7 heteroatoms. The second kappa shape index (κ2) is 9.39. The lowest BCUT2D eigenvalue weighted by Gasteiger charge is -2.19. The number of rotatable bonds is 8. The third kappa shape index (κ3) is 5.84. The Kier molecular flexibility index (Phi) is 7.20. The number of hydrogen-bond donors (Lipinski definition) is 1. The topological polar surface area (TPSA) is 90.7 Å². The van der Waals surface area contributed by atoms with Crippen LogP contribution in [-0.2, 0) is 14.9 Å². The molecule has 0 fully saturated rings. The molecule has 1 aromatic heterocycles. The summed E-state index contributed by atoms with van der Waals surface area (Å²) in [6, 6.07) is 7.96. The van der Waals surface area contributed by atoms with Crippen LogP contribution in [0.2, 0.25) is 0 Å². The van der Waals surface area contributed by atoms with Crippen LogP contribution >= 0.6 is 0 Å². The number of amides is 1. The van der Waals surface area contributed by atoms with Gasteiger partial charge in [0.2, 0.25) is 11.8 Å². The molecule has 1 amide bonds. The lowest BCUT2D eigenvalue weighted by atomic mass is 9.87. The number of benzene rings is 1. The monoisotopic (exact) mass is 388 g/mol. The van der Waals surface area contributed by atoms with Crippen molar-refractivity contribution in [2.75, 3.05) is 18.5 Å². The van der Waals surface area contributed by atoms with Crippen LogP contribution in [0.3, 0.4) is 0 Å². The molecule has 0 bridgehead atoms. The van der Waals surface area contributed by atoms with E-state index in [9.17, 15) is 9.59 Å². The first-order chi connectivity index (χ1) is 13.2. The summed E-state index contributed by atoms with van der Waals surface area (Å²) >= 11 is 0. The van der Waals surface area contributed by atoms with Crippen molar-refractivity contribution in [1.29, 1.82) is 0 Å². The van der Waals surface area contributed by atoms with E-state index in [2.05, 4.69) is 31.2 Å². The molecule has 0 unspecified atom stereocenters. The Morgan fingerprint density at radius 3 is 2.46 bits per heavy atom. The average Bonchev–Trinajstić information content (AvgIpc) is 2.99. The third-order valence-electron chi connectivity index (χ3n) is 4.13. The summed E-state index contributed by atoms with van der Waals surface area (Å²) in [6.07, 6.45) is 0.747. The molecule has 0 aliphatic carbocycles. The molecular formula is C21H28N2O5. The zero-order valence-corrected chi connectivity index (χ0v) is 17.1. The lowest BCUT2D eigenvalue weighted by molar-refractivity contribution is -0.116. The first kappa shape index (κ1) is 21.5. The molecule has 152 valence electrons. The Morgan fingerprint density at radius 1 is 1.18 bits per heavy atom. The summed E-state index contributed by atoms with van der Waals surface area (Å²) in [5.41, 5.74) is 1.85. The molecule has 0 aliphatic rings. The molecule has 1 N–H and O–H groups in total. The number of carbonyl (C=O) groups excluding carboxylic acids is 2. The highest BCUT2D eigenvalue weighted by molar-refractivity contribution is 6.00. The highest BCUT2D eigenvalue weighted by Crippen LogP contribution is 2.24. The zero-order valence-electron chi connectivity index (χ0n) is 17.1. The Balaban J connectivity index is 1.80. The maximum Gasteiger partial charge on any atom is 0.345 e. The SMILES string of the molecule is CCOC(=O)c1c(C)noc1NC(=O)CCCOc1ccc(C(C)(C)C)cc1. The van der Waals surface area contributed by atoms with E-state index in [-0.39, 0.29) is 35.8 Å². The van der Waals surface area contributed by atoms with Gasteiger partial charge >= 0.3 is 5.97 Å². The fraction of sp³-hybridized carbons (Fsp3) is 0.476. The van der Waals surface area contributed by atoms with Crippen LogP contribution < -0.4 is 10.1 Å². The molecule has 7 nitrogen and oxygen atoms in total. The number of anilines is 1. The average molecular weight is 388 g/mol. The van der Waals surface area contributed by atoms with E-state index in [1.165, 1.54) is 5.56 Å². The number of aromatic nitrogens is 1. The van der Waals surface area contributed by atoms with E-state index >= 15 is 0 Å². The van der Waals surface area contributed by atoms with E-state index in [1.54, 1.807) is 13.8 Å². The summed E-state index contributed by atoms with van der Waals surface area (Å²) in [5, 5.41) is 6.29. The molecular weight excluding hydrogens is 360 g/mol. The predicted octanol–water partition coefficient (Wildman–Crippen LogP) is 4.25. The highest BCUT2D eigenvalue weighted by atomic mass is 16.5. The molecule has 2 aromatic rings. The second-order valence-electron chi connectivity index (χ2n) is 7.47. The van der Waals surface area contributed by atoms with Gasteiger partial charge < -0.3 is 14.0 Å². The van der Waals surface area contributed by atoms with Gasteiger partial charge in [-0.1, -0.05) is 38.1 Å². The number of nitrogens with one attached hydrogen (secondary N) is 1.